The van der Waals surface area contributed by atoms with E-state index < -0.39 is 11.7 Å². The first-order valence-corrected chi connectivity index (χ1v) is 5.09. The molecule has 0 aliphatic carbocycles. The molecule has 0 saturated carbocycles. The number of hydrogen-bond donors (Lipinski definition) is 1. The summed E-state index contributed by atoms with van der Waals surface area (Å²) in [6.07, 6.45) is -4.38. The van der Waals surface area contributed by atoms with Gasteiger partial charge in [0.25, 0.3) is 0 Å². The molecule has 2 rings (SSSR count). The number of hydrogen-bond acceptors (Lipinski definition) is 4. The second kappa shape index (κ2) is 3.75. The van der Waals surface area contributed by atoms with E-state index in [0.717, 1.165) is 23.5 Å². The van der Waals surface area contributed by atoms with Crippen LogP contribution in [-0.2, 0) is 6.18 Å². The number of aromatic nitrogens is 2. The second-order valence-electron chi connectivity index (χ2n) is 3.04. The highest BCUT2D eigenvalue weighted by Crippen LogP contribution is 2.35. The van der Waals surface area contributed by atoms with Crippen LogP contribution in [0.15, 0.2) is 23.7 Å². The van der Waals surface area contributed by atoms with Crippen LogP contribution in [0.3, 0.4) is 0 Å². The van der Waals surface area contributed by atoms with E-state index in [2.05, 4.69) is 10.2 Å². The molecule has 0 radical (unpaired) electrons. The zero-order valence-electron chi connectivity index (χ0n) is 7.82. The van der Waals surface area contributed by atoms with E-state index in [4.69, 9.17) is 5.73 Å². The molecule has 2 aromatic rings. The first kappa shape index (κ1) is 10.9. The molecule has 84 valence electrons. The SMILES string of the molecule is Nc1ccc(C(F)(F)F)cc1-c1nncs1. The normalized spacial score (nSPS) is 11.7. The van der Waals surface area contributed by atoms with Crippen LogP contribution in [0.1, 0.15) is 5.56 Å². The van der Waals surface area contributed by atoms with E-state index in [9.17, 15) is 13.2 Å². The summed E-state index contributed by atoms with van der Waals surface area (Å²) >= 11 is 1.14. The zero-order valence-corrected chi connectivity index (χ0v) is 8.64. The predicted octanol–water partition coefficient (Wildman–Crippen LogP) is 2.81. The Morgan fingerprint density at radius 1 is 1.25 bits per heavy atom. The molecule has 0 bridgehead atoms. The van der Waals surface area contributed by atoms with Gasteiger partial charge in [-0.05, 0) is 18.2 Å². The number of anilines is 1. The van der Waals surface area contributed by atoms with Crippen molar-refractivity contribution < 1.29 is 13.2 Å². The van der Waals surface area contributed by atoms with Gasteiger partial charge in [0.1, 0.15) is 10.5 Å². The lowest BCUT2D eigenvalue weighted by Crippen LogP contribution is -2.05. The zero-order chi connectivity index (χ0) is 11.8. The van der Waals surface area contributed by atoms with Crippen LogP contribution in [0.4, 0.5) is 18.9 Å². The van der Waals surface area contributed by atoms with Crippen molar-refractivity contribution in [2.24, 2.45) is 0 Å². The lowest BCUT2D eigenvalue weighted by molar-refractivity contribution is -0.137. The lowest BCUT2D eigenvalue weighted by atomic mass is 10.1. The van der Waals surface area contributed by atoms with Crippen molar-refractivity contribution in [1.29, 1.82) is 0 Å². The summed E-state index contributed by atoms with van der Waals surface area (Å²) in [5.41, 5.74) is 6.81. The van der Waals surface area contributed by atoms with Crippen molar-refractivity contribution in [3.05, 3.63) is 29.3 Å². The Morgan fingerprint density at radius 3 is 2.56 bits per heavy atom. The van der Waals surface area contributed by atoms with Crippen LogP contribution in [0.25, 0.3) is 10.6 Å². The third-order valence-electron chi connectivity index (χ3n) is 1.97. The van der Waals surface area contributed by atoms with Crippen molar-refractivity contribution in [2.45, 2.75) is 6.18 Å². The molecule has 0 unspecified atom stereocenters. The summed E-state index contributed by atoms with van der Waals surface area (Å²) < 4.78 is 37.4. The van der Waals surface area contributed by atoms with E-state index >= 15 is 0 Å². The summed E-state index contributed by atoms with van der Waals surface area (Å²) in [5, 5.41) is 7.63. The molecule has 0 atom stereocenters. The molecule has 0 aliphatic heterocycles. The molecule has 0 fully saturated rings. The molecule has 1 heterocycles. The summed E-state index contributed by atoms with van der Waals surface area (Å²) in [5.74, 6) is 0. The maximum Gasteiger partial charge on any atom is 0.416 e. The smallest absolute Gasteiger partial charge is 0.398 e. The number of rotatable bonds is 1. The molecule has 1 aromatic heterocycles. The van der Waals surface area contributed by atoms with Gasteiger partial charge in [-0.25, -0.2) is 0 Å². The van der Waals surface area contributed by atoms with Crippen LogP contribution >= 0.6 is 11.3 Å². The van der Waals surface area contributed by atoms with Crippen molar-refractivity contribution in [1.82, 2.24) is 10.2 Å². The summed E-state index contributed by atoms with van der Waals surface area (Å²) in [4.78, 5) is 0. The van der Waals surface area contributed by atoms with E-state index in [-0.39, 0.29) is 11.3 Å². The number of nitrogens with two attached hydrogens (primary N) is 1. The van der Waals surface area contributed by atoms with Gasteiger partial charge in [-0.2, -0.15) is 13.2 Å². The van der Waals surface area contributed by atoms with Crippen LogP contribution in [0.2, 0.25) is 0 Å². The van der Waals surface area contributed by atoms with E-state index in [1.165, 1.54) is 11.6 Å². The minimum Gasteiger partial charge on any atom is -0.398 e. The van der Waals surface area contributed by atoms with Gasteiger partial charge < -0.3 is 5.73 Å². The maximum absolute atomic E-state index is 12.5. The highest BCUT2D eigenvalue weighted by Gasteiger charge is 2.31. The fraction of sp³-hybridized carbons (Fsp3) is 0.111. The molecule has 3 nitrogen and oxygen atoms in total. The monoisotopic (exact) mass is 245 g/mol. The molecular weight excluding hydrogens is 239 g/mol. The third kappa shape index (κ3) is 1.99. The third-order valence-corrected chi connectivity index (χ3v) is 2.70. The quantitative estimate of drug-likeness (QED) is 0.786. The van der Waals surface area contributed by atoms with Crippen molar-refractivity contribution in [3.8, 4) is 10.6 Å². The van der Waals surface area contributed by atoms with Gasteiger partial charge in [0.05, 0.1) is 5.56 Å². The van der Waals surface area contributed by atoms with Crippen molar-refractivity contribution >= 4 is 17.0 Å². The van der Waals surface area contributed by atoms with Crippen LogP contribution in [0, 0.1) is 0 Å². The molecule has 0 saturated heterocycles. The summed E-state index contributed by atoms with van der Waals surface area (Å²) in [6, 6.07) is 3.15. The van der Waals surface area contributed by atoms with Gasteiger partial charge in [0, 0.05) is 11.3 Å². The molecular formula is C9H6F3N3S. The van der Waals surface area contributed by atoms with Crippen LogP contribution in [0.5, 0.6) is 0 Å². The summed E-state index contributed by atoms with van der Waals surface area (Å²) in [7, 11) is 0. The molecule has 16 heavy (non-hydrogen) atoms. The minimum atomic E-state index is -4.38. The van der Waals surface area contributed by atoms with E-state index in [1.807, 2.05) is 0 Å². The van der Waals surface area contributed by atoms with Gasteiger partial charge in [-0.3, -0.25) is 0 Å². The van der Waals surface area contributed by atoms with Gasteiger partial charge in [-0.15, -0.1) is 10.2 Å². The molecule has 2 N–H and O–H groups in total. The Labute approximate surface area is 92.7 Å². The minimum absolute atomic E-state index is 0.254. The molecule has 7 heteroatoms. The van der Waals surface area contributed by atoms with Gasteiger partial charge >= 0.3 is 6.18 Å². The maximum atomic E-state index is 12.5. The van der Waals surface area contributed by atoms with Crippen molar-refractivity contribution in [3.63, 3.8) is 0 Å². The predicted molar refractivity (Wildman–Crippen MR) is 54.8 cm³/mol. The fourth-order valence-corrected chi connectivity index (χ4v) is 1.80. The average molecular weight is 245 g/mol. The first-order chi connectivity index (χ1) is 7.48. The topological polar surface area (TPSA) is 51.8 Å². The second-order valence-corrected chi connectivity index (χ2v) is 3.88. The van der Waals surface area contributed by atoms with Gasteiger partial charge in [0.15, 0.2) is 0 Å². The highest BCUT2D eigenvalue weighted by molar-refractivity contribution is 7.12. The van der Waals surface area contributed by atoms with E-state index in [1.54, 1.807) is 0 Å². The first-order valence-electron chi connectivity index (χ1n) is 4.22. The Morgan fingerprint density at radius 2 is 2.00 bits per heavy atom. The Kier molecular flexibility index (Phi) is 2.55. The molecule has 1 aromatic carbocycles. The highest BCUT2D eigenvalue weighted by atomic mass is 32.1. The lowest BCUT2D eigenvalue weighted by Gasteiger charge is -2.09. The Hall–Kier alpha value is -1.63. The Bertz CT molecular complexity index is 493. The number of benzene rings is 1. The molecule has 0 aliphatic rings. The number of nitrogens with zero attached hydrogens (tertiary/aromatic N) is 2. The van der Waals surface area contributed by atoms with Crippen LogP contribution in [-0.4, -0.2) is 10.2 Å². The number of nitrogen functional groups attached to an aromatic ring is 1. The molecule has 0 amide bonds. The standard InChI is InChI=1S/C9H6F3N3S/c10-9(11,12)5-1-2-7(13)6(3-5)8-15-14-4-16-8/h1-4H,13H2. The Balaban J connectivity index is 2.54. The van der Waals surface area contributed by atoms with Gasteiger partial charge in [-0.1, -0.05) is 11.3 Å². The van der Waals surface area contributed by atoms with E-state index in [0.29, 0.717) is 5.01 Å². The van der Waals surface area contributed by atoms with Crippen LogP contribution < -0.4 is 5.73 Å². The largest absolute Gasteiger partial charge is 0.416 e. The average Bonchev–Trinajstić information content (AvgIpc) is 2.69. The fourth-order valence-electron chi connectivity index (χ4n) is 1.21. The summed E-state index contributed by atoms with van der Waals surface area (Å²) in [6.45, 7) is 0. The van der Waals surface area contributed by atoms with Crippen molar-refractivity contribution in [2.75, 3.05) is 5.73 Å². The number of halogens is 3. The van der Waals surface area contributed by atoms with Gasteiger partial charge in [0.2, 0.25) is 0 Å². The number of alkyl halides is 3. The molecule has 0 spiro atoms.